The molecule has 1 aromatic rings. The number of hydrogen-bond acceptors (Lipinski definition) is 2. The van der Waals surface area contributed by atoms with E-state index >= 15 is 0 Å². The van der Waals surface area contributed by atoms with Crippen LogP contribution in [-0.2, 0) is 11.2 Å². The van der Waals surface area contributed by atoms with Gasteiger partial charge in [0.1, 0.15) is 11.6 Å². The first-order chi connectivity index (χ1) is 9.10. The fourth-order valence-corrected chi connectivity index (χ4v) is 2.47. The summed E-state index contributed by atoms with van der Waals surface area (Å²) in [5.41, 5.74) is 5.74. The average molecular weight is 268 g/mol. The van der Waals surface area contributed by atoms with Gasteiger partial charge >= 0.3 is 0 Å². The van der Waals surface area contributed by atoms with E-state index in [1.54, 1.807) is 4.90 Å². The summed E-state index contributed by atoms with van der Waals surface area (Å²) in [6.45, 7) is 2.02. The van der Waals surface area contributed by atoms with Crippen molar-refractivity contribution in [1.29, 1.82) is 0 Å². The number of carbonyl (C=O) groups excluding carboxylic acids is 1. The van der Waals surface area contributed by atoms with E-state index in [1.807, 2.05) is 0 Å². The lowest BCUT2D eigenvalue weighted by Crippen LogP contribution is -2.30. The topological polar surface area (TPSA) is 46.3 Å². The highest BCUT2D eigenvalue weighted by atomic mass is 19.1. The van der Waals surface area contributed by atoms with Crippen LogP contribution in [0.5, 0.6) is 0 Å². The maximum atomic E-state index is 13.5. The van der Waals surface area contributed by atoms with Gasteiger partial charge in [-0.25, -0.2) is 8.78 Å². The second-order valence-corrected chi connectivity index (χ2v) is 4.98. The van der Waals surface area contributed by atoms with E-state index < -0.39 is 11.6 Å². The third-order valence-corrected chi connectivity index (χ3v) is 3.57. The van der Waals surface area contributed by atoms with Crippen LogP contribution < -0.4 is 5.73 Å². The quantitative estimate of drug-likeness (QED) is 0.903. The minimum atomic E-state index is -0.661. The third-order valence-electron chi connectivity index (χ3n) is 3.57. The number of amides is 1. The summed E-state index contributed by atoms with van der Waals surface area (Å²) < 4.78 is 26.2. The summed E-state index contributed by atoms with van der Waals surface area (Å²) in [4.78, 5) is 13.8. The molecule has 1 saturated heterocycles. The number of nitrogens with two attached hydrogens (primary N) is 1. The van der Waals surface area contributed by atoms with Crippen molar-refractivity contribution in [1.82, 2.24) is 4.90 Å². The van der Waals surface area contributed by atoms with Gasteiger partial charge in [0.25, 0.3) is 0 Å². The Morgan fingerprint density at radius 2 is 2.21 bits per heavy atom. The molecule has 5 heteroatoms. The number of halogens is 2. The molecule has 0 radical (unpaired) electrons. The minimum Gasteiger partial charge on any atom is -0.342 e. The average Bonchev–Trinajstić information content (AvgIpc) is 2.82. The van der Waals surface area contributed by atoms with Crippen LogP contribution in [0.3, 0.4) is 0 Å². The SMILES string of the molecule is NCCC1CCN(C(=O)Cc2ccc(F)cc2F)C1. The Kier molecular flexibility index (Phi) is 4.47. The zero-order chi connectivity index (χ0) is 13.8. The molecule has 0 aromatic heterocycles. The molecule has 1 heterocycles. The van der Waals surface area contributed by atoms with Crippen molar-refractivity contribution < 1.29 is 13.6 Å². The van der Waals surface area contributed by atoms with Gasteiger partial charge in [-0.05, 0) is 36.9 Å². The smallest absolute Gasteiger partial charge is 0.227 e. The molecule has 1 aliphatic heterocycles. The van der Waals surface area contributed by atoms with Crippen molar-refractivity contribution in [2.24, 2.45) is 11.7 Å². The van der Waals surface area contributed by atoms with Crippen molar-refractivity contribution in [2.45, 2.75) is 19.3 Å². The highest BCUT2D eigenvalue weighted by Gasteiger charge is 2.26. The van der Waals surface area contributed by atoms with Crippen molar-refractivity contribution in [3.8, 4) is 0 Å². The summed E-state index contributed by atoms with van der Waals surface area (Å²) in [6, 6.07) is 3.31. The Hall–Kier alpha value is -1.49. The first-order valence-corrected chi connectivity index (χ1v) is 6.52. The first-order valence-electron chi connectivity index (χ1n) is 6.52. The molecule has 1 amide bonds. The number of rotatable bonds is 4. The van der Waals surface area contributed by atoms with Gasteiger partial charge in [0, 0.05) is 19.2 Å². The Morgan fingerprint density at radius 3 is 2.89 bits per heavy atom. The fraction of sp³-hybridized carbons (Fsp3) is 0.500. The zero-order valence-electron chi connectivity index (χ0n) is 10.7. The predicted octanol–water partition coefficient (Wildman–Crippen LogP) is 1.70. The lowest BCUT2D eigenvalue weighted by Gasteiger charge is -2.16. The molecule has 0 spiro atoms. The van der Waals surface area contributed by atoms with Gasteiger partial charge in [0.15, 0.2) is 0 Å². The highest BCUT2D eigenvalue weighted by molar-refractivity contribution is 5.79. The molecule has 1 fully saturated rings. The first kappa shape index (κ1) is 13.9. The maximum Gasteiger partial charge on any atom is 0.227 e. The molecule has 19 heavy (non-hydrogen) atoms. The molecule has 0 saturated carbocycles. The third kappa shape index (κ3) is 3.50. The standard InChI is InChI=1S/C14H18F2N2O/c15-12-2-1-11(13(16)8-12)7-14(19)18-6-4-10(9-18)3-5-17/h1-2,8,10H,3-7,9,17H2. The van der Waals surface area contributed by atoms with Gasteiger partial charge in [-0.15, -0.1) is 0 Å². The monoisotopic (exact) mass is 268 g/mol. The Balaban J connectivity index is 1.94. The van der Waals surface area contributed by atoms with Gasteiger partial charge in [-0.3, -0.25) is 4.79 Å². The van der Waals surface area contributed by atoms with E-state index in [9.17, 15) is 13.6 Å². The van der Waals surface area contributed by atoms with E-state index in [2.05, 4.69) is 0 Å². The van der Waals surface area contributed by atoms with Crippen molar-refractivity contribution in [3.05, 3.63) is 35.4 Å². The lowest BCUT2D eigenvalue weighted by molar-refractivity contribution is -0.129. The summed E-state index contributed by atoms with van der Waals surface area (Å²) >= 11 is 0. The molecule has 1 aromatic carbocycles. The minimum absolute atomic E-state index is 0.0124. The van der Waals surface area contributed by atoms with Crippen molar-refractivity contribution >= 4 is 5.91 Å². The second kappa shape index (κ2) is 6.10. The van der Waals surface area contributed by atoms with Crippen LogP contribution in [-0.4, -0.2) is 30.4 Å². The molecule has 0 bridgehead atoms. The highest BCUT2D eigenvalue weighted by Crippen LogP contribution is 2.20. The molecule has 104 valence electrons. The molecular weight excluding hydrogens is 250 g/mol. The van der Waals surface area contributed by atoms with Gasteiger partial charge in [-0.1, -0.05) is 6.07 Å². The van der Waals surface area contributed by atoms with Gasteiger partial charge in [0.05, 0.1) is 6.42 Å². The van der Waals surface area contributed by atoms with Crippen molar-refractivity contribution in [2.75, 3.05) is 19.6 Å². The summed E-state index contributed by atoms with van der Waals surface area (Å²) in [5, 5.41) is 0. The van der Waals surface area contributed by atoms with Gasteiger partial charge in [-0.2, -0.15) is 0 Å². The van der Waals surface area contributed by atoms with Gasteiger partial charge < -0.3 is 10.6 Å². The summed E-state index contributed by atoms with van der Waals surface area (Å²) in [5.74, 6) is -0.944. The molecule has 0 aliphatic carbocycles. The largest absolute Gasteiger partial charge is 0.342 e. The summed E-state index contributed by atoms with van der Waals surface area (Å²) in [7, 11) is 0. The number of likely N-dealkylation sites (tertiary alicyclic amines) is 1. The summed E-state index contributed by atoms with van der Waals surface area (Å²) in [6.07, 6.45) is 1.85. The van der Waals surface area contributed by atoms with Crippen molar-refractivity contribution in [3.63, 3.8) is 0 Å². The number of carbonyl (C=O) groups is 1. The van der Waals surface area contributed by atoms with Gasteiger partial charge in [0.2, 0.25) is 5.91 Å². The van der Waals surface area contributed by atoms with E-state index in [0.717, 1.165) is 18.9 Å². The van der Waals surface area contributed by atoms with Crippen LogP contribution in [0.25, 0.3) is 0 Å². The second-order valence-electron chi connectivity index (χ2n) is 4.98. The van der Waals surface area contributed by atoms with Crippen LogP contribution in [0, 0.1) is 17.6 Å². The predicted molar refractivity (Wildman–Crippen MR) is 68.4 cm³/mol. The van der Waals surface area contributed by atoms with E-state index in [-0.39, 0.29) is 17.9 Å². The Bertz CT molecular complexity index is 465. The van der Waals surface area contributed by atoms with Crippen LogP contribution in [0.1, 0.15) is 18.4 Å². The Labute approximate surface area is 111 Å². The fourth-order valence-electron chi connectivity index (χ4n) is 2.47. The molecule has 1 unspecified atom stereocenters. The molecular formula is C14H18F2N2O. The lowest BCUT2D eigenvalue weighted by atomic mass is 10.1. The molecule has 1 aliphatic rings. The Morgan fingerprint density at radius 1 is 1.42 bits per heavy atom. The number of benzene rings is 1. The van der Waals surface area contributed by atoms with Crippen LogP contribution in [0.15, 0.2) is 18.2 Å². The van der Waals surface area contributed by atoms with E-state index in [4.69, 9.17) is 5.73 Å². The normalized spacial score (nSPS) is 18.9. The maximum absolute atomic E-state index is 13.5. The molecule has 2 N–H and O–H groups in total. The van der Waals surface area contributed by atoms with E-state index in [1.165, 1.54) is 12.1 Å². The molecule has 3 nitrogen and oxygen atoms in total. The van der Waals surface area contributed by atoms with Crippen LogP contribution in [0.2, 0.25) is 0 Å². The zero-order valence-corrected chi connectivity index (χ0v) is 10.7. The van der Waals surface area contributed by atoms with E-state index in [0.29, 0.717) is 25.6 Å². The number of hydrogen-bond donors (Lipinski definition) is 1. The number of nitrogens with zero attached hydrogens (tertiary/aromatic N) is 1. The molecule has 2 rings (SSSR count). The molecule has 1 atom stereocenters. The van der Waals surface area contributed by atoms with Crippen LogP contribution >= 0.6 is 0 Å². The van der Waals surface area contributed by atoms with Crippen LogP contribution in [0.4, 0.5) is 8.78 Å².